The average Bonchev–Trinajstić information content (AvgIpc) is 2.88. The number of piperazine rings is 1. The Morgan fingerprint density at radius 2 is 1.85 bits per heavy atom. The maximum absolute atomic E-state index is 13.1. The Bertz CT molecular complexity index is 1110. The van der Waals surface area contributed by atoms with Crippen molar-refractivity contribution < 1.29 is 14.3 Å². The minimum Gasteiger partial charge on any atom is -0.445 e. The van der Waals surface area contributed by atoms with Crippen LogP contribution in [0.15, 0.2) is 67.0 Å². The van der Waals surface area contributed by atoms with Gasteiger partial charge in [-0.2, -0.15) is 0 Å². The van der Waals surface area contributed by atoms with Crippen LogP contribution in [-0.4, -0.2) is 43.2 Å². The lowest BCUT2D eigenvalue weighted by molar-refractivity contribution is 0.102. The Morgan fingerprint density at radius 3 is 2.59 bits per heavy atom. The molecule has 4 rings (SSSR count). The zero-order valence-electron chi connectivity index (χ0n) is 19.2. The topological polar surface area (TPSA) is 95.6 Å². The molecule has 1 saturated heterocycles. The van der Waals surface area contributed by atoms with E-state index in [9.17, 15) is 9.59 Å². The van der Waals surface area contributed by atoms with Gasteiger partial charge in [-0.3, -0.25) is 9.78 Å². The number of hydrogen-bond acceptors (Lipinski definition) is 6. The molecule has 0 unspecified atom stereocenters. The van der Waals surface area contributed by atoms with E-state index in [0.717, 1.165) is 48.6 Å². The molecule has 2 aromatic carbocycles. The molecule has 2 amide bonds. The summed E-state index contributed by atoms with van der Waals surface area (Å²) in [5, 5.41) is 9.06. The first-order valence-electron chi connectivity index (χ1n) is 11.3. The van der Waals surface area contributed by atoms with E-state index in [1.807, 2.05) is 55.5 Å². The van der Waals surface area contributed by atoms with Gasteiger partial charge in [0.1, 0.15) is 6.61 Å². The number of hydrogen-bond donors (Lipinski definition) is 3. The van der Waals surface area contributed by atoms with Gasteiger partial charge >= 0.3 is 6.09 Å². The number of anilines is 2. The molecule has 0 saturated carbocycles. The van der Waals surface area contributed by atoms with E-state index in [1.54, 1.807) is 18.5 Å². The molecule has 1 aromatic heterocycles. The van der Waals surface area contributed by atoms with E-state index in [2.05, 4.69) is 25.8 Å². The second kappa shape index (κ2) is 11.3. The van der Waals surface area contributed by atoms with E-state index in [0.29, 0.717) is 17.8 Å². The van der Waals surface area contributed by atoms with E-state index < -0.39 is 6.09 Å². The number of ether oxygens (including phenoxy) is 1. The number of benzene rings is 2. The quantitative estimate of drug-likeness (QED) is 0.501. The molecule has 1 aliphatic heterocycles. The standard InChI is InChI=1S/C26H29N5O3/c1-19-4-9-24(31-13-11-27-12-14-31)23(15-19)25(32)30-22-7-5-20(6-8-22)17-29-26(33)34-18-21-3-2-10-28-16-21/h2-10,15-16,27H,11-14,17-18H2,1H3,(H,29,33)(H,30,32). The van der Waals surface area contributed by atoms with Crippen LogP contribution in [0.4, 0.5) is 16.2 Å². The van der Waals surface area contributed by atoms with Crippen molar-refractivity contribution in [3.8, 4) is 0 Å². The summed E-state index contributed by atoms with van der Waals surface area (Å²) in [6.45, 7) is 6.03. The lowest BCUT2D eigenvalue weighted by Gasteiger charge is -2.31. The summed E-state index contributed by atoms with van der Waals surface area (Å²) in [4.78, 5) is 31.3. The Kier molecular flexibility index (Phi) is 7.72. The van der Waals surface area contributed by atoms with Gasteiger partial charge in [0, 0.05) is 62.1 Å². The number of carbonyl (C=O) groups excluding carboxylic acids is 2. The summed E-state index contributed by atoms with van der Waals surface area (Å²) in [5.41, 5.74) is 5.08. The van der Waals surface area contributed by atoms with Crippen LogP contribution in [0.25, 0.3) is 0 Å². The largest absolute Gasteiger partial charge is 0.445 e. The Labute approximate surface area is 199 Å². The minimum absolute atomic E-state index is 0.137. The molecule has 34 heavy (non-hydrogen) atoms. The van der Waals surface area contributed by atoms with Gasteiger partial charge in [0.15, 0.2) is 0 Å². The maximum atomic E-state index is 13.1. The van der Waals surface area contributed by atoms with Gasteiger partial charge in [0.2, 0.25) is 0 Å². The zero-order valence-corrected chi connectivity index (χ0v) is 19.2. The van der Waals surface area contributed by atoms with Crippen molar-refractivity contribution in [2.24, 2.45) is 0 Å². The highest BCUT2D eigenvalue weighted by Gasteiger charge is 2.19. The van der Waals surface area contributed by atoms with Gasteiger partial charge in [0.05, 0.1) is 5.56 Å². The molecule has 0 radical (unpaired) electrons. The highest BCUT2D eigenvalue weighted by atomic mass is 16.5. The molecule has 0 aliphatic carbocycles. The molecule has 2 heterocycles. The molecule has 1 fully saturated rings. The first-order chi connectivity index (χ1) is 16.6. The summed E-state index contributed by atoms with van der Waals surface area (Å²) in [6, 6.07) is 17.0. The Balaban J connectivity index is 1.31. The molecular weight excluding hydrogens is 430 g/mol. The first-order valence-corrected chi connectivity index (χ1v) is 11.3. The van der Waals surface area contributed by atoms with E-state index in [1.165, 1.54) is 0 Å². The summed E-state index contributed by atoms with van der Waals surface area (Å²) in [7, 11) is 0. The monoisotopic (exact) mass is 459 g/mol. The van der Waals surface area contributed by atoms with E-state index >= 15 is 0 Å². The molecule has 1 aliphatic rings. The number of alkyl carbamates (subject to hydrolysis) is 1. The predicted molar refractivity (Wildman–Crippen MR) is 132 cm³/mol. The molecule has 3 aromatic rings. The average molecular weight is 460 g/mol. The molecule has 8 heteroatoms. The molecular formula is C26H29N5O3. The summed E-state index contributed by atoms with van der Waals surface area (Å²) < 4.78 is 5.19. The molecule has 176 valence electrons. The van der Waals surface area contributed by atoms with Gasteiger partial charge in [-0.25, -0.2) is 4.79 Å². The van der Waals surface area contributed by atoms with Gasteiger partial charge in [-0.1, -0.05) is 29.8 Å². The van der Waals surface area contributed by atoms with Gasteiger partial charge < -0.3 is 25.6 Å². The van der Waals surface area contributed by atoms with Crippen LogP contribution in [0, 0.1) is 6.92 Å². The fourth-order valence-corrected chi connectivity index (χ4v) is 3.78. The highest BCUT2D eigenvalue weighted by molar-refractivity contribution is 6.08. The van der Waals surface area contributed by atoms with Crippen LogP contribution >= 0.6 is 0 Å². The van der Waals surface area contributed by atoms with Crippen LogP contribution < -0.4 is 20.9 Å². The van der Waals surface area contributed by atoms with Crippen LogP contribution in [0.3, 0.4) is 0 Å². The smallest absolute Gasteiger partial charge is 0.407 e. The number of aryl methyl sites for hydroxylation is 1. The number of aromatic nitrogens is 1. The number of nitrogens with zero attached hydrogens (tertiary/aromatic N) is 2. The number of pyridine rings is 1. The SMILES string of the molecule is Cc1ccc(N2CCNCC2)c(C(=O)Nc2ccc(CNC(=O)OCc3cccnc3)cc2)c1. The number of rotatable bonds is 7. The van der Waals surface area contributed by atoms with Crippen LogP contribution in [0.5, 0.6) is 0 Å². The minimum atomic E-state index is -0.499. The molecule has 0 spiro atoms. The summed E-state index contributed by atoms with van der Waals surface area (Å²) in [6.07, 6.45) is 2.83. The molecule has 0 atom stereocenters. The second-order valence-corrected chi connectivity index (χ2v) is 8.20. The lowest BCUT2D eigenvalue weighted by Crippen LogP contribution is -2.44. The second-order valence-electron chi connectivity index (χ2n) is 8.20. The van der Waals surface area contributed by atoms with E-state index in [-0.39, 0.29) is 12.5 Å². The van der Waals surface area contributed by atoms with E-state index in [4.69, 9.17) is 4.74 Å². The third-order valence-electron chi connectivity index (χ3n) is 5.60. The van der Waals surface area contributed by atoms with Crippen molar-refractivity contribution in [3.05, 3.63) is 89.2 Å². The van der Waals surface area contributed by atoms with Crippen molar-refractivity contribution in [2.75, 3.05) is 36.4 Å². The molecule has 0 bridgehead atoms. The number of amides is 2. The highest BCUT2D eigenvalue weighted by Crippen LogP contribution is 2.24. The first kappa shape index (κ1) is 23.3. The maximum Gasteiger partial charge on any atom is 0.407 e. The third kappa shape index (κ3) is 6.32. The van der Waals surface area contributed by atoms with Crippen LogP contribution in [0.2, 0.25) is 0 Å². The van der Waals surface area contributed by atoms with Crippen LogP contribution in [-0.2, 0) is 17.9 Å². The van der Waals surface area contributed by atoms with Crippen molar-refractivity contribution in [2.45, 2.75) is 20.1 Å². The zero-order chi connectivity index (χ0) is 23.8. The van der Waals surface area contributed by atoms with Crippen LogP contribution in [0.1, 0.15) is 27.0 Å². The predicted octanol–water partition coefficient (Wildman–Crippen LogP) is 3.48. The van der Waals surface area contributed by atoms with Gasteiger partial charge in [0.25, 0.3) is 5.91 Å². The normalized spacial score (nSPS) is 13.3. The van der Waals surface area contributed by atoms with Crippen molar-refractivity contribution >= 4 is 23.4 Å². The Morgan fingerprint density at radius 1 is 1.06 bits per heavy atom. The molecule has 3 N–H and O–H groups in total. The van der Waals surface area contributed by atoms with Gasteiger partial charge in [-0.15, -0.1) is 0 Å². The number of carbonyl (C=O) groups is 2. The fourth-order valence-electron chi connectivity index (χ4n) is 3.78. The molecule has 8 nitrogen and oxygen atoms in total. The third-order valence-corrected chi connectivity index (χ3v) is 5.60. The number of nitrogens with one attached hydrogen (secondary N) is 3. The summed E-state index contributed by atoms with van der Waals surface area (Å²) >= 11 is 0. The Hall–Kier alpha value is -3.91. The fraction of sp³-hybridized carbons (Fsp3) is 0.269. The van der Waals surface area contributed by atoms with Crippen molar-refractivity contribution in [3.63, 3.8) is 0 Å². The van der Waals surface area contributed by atoms with Crippen molar-refractivity contribution in [1.29, 1.82) is 0 Å². The van der Waals surface area contributed by atoms with Gasteiger partial charge in [-0.05, 0) is 42.8 Å². The summed E-state index contributed by atoms with van der Waals surface area (Å²) in [5.74, 6) is -0.137. The van der Waals surface area contributed by atoms with Crippen molar-refractivity contribution in [1.82, 2.24) is 15.6 Å². The lowest BCUT2D eigenvalue weighted by atomic mass is 10.1.